The summed E-state index contributed by atoms with van der Waals surface area (Å²) in [6, 6.07) is 7.57. The average molecular weight is 397 g/mol. The lowest BCUT2D eigenvalue weighted by Gasteiger charge is -2.37. The summed E-state index contributed by atoms with van der Waals surface area (Å²) in [6.07, 6.45) is 3.62. The molecule has 2 aliphatic rings. The zero-order valence-corrected chi connectivity index (χ0v) is 17.9. The van der Waals surface area contributed by atoms with E-state index in [-0.39, 0.29) is 12.1 Å². The van der Waals surface area contributed by atoms with E-state index in [1.807, 2.05) is 54.8 Å². The number of urea groups is 1. The second-order valence-corrected chi connectivity index (χ2v) is 9.07. The lowest BCUT2D eigenvalue weighted by atomic mass is 9.93. The second kappa shape index (κ2) is 9.10. The first kappa shape index (κ1) is 21.5. The van der Waals surface area contributed by atoms with Crippen LogP contribution in [0.3, 0.4) is 0 Å². The molecule has 2 saturated heterocycles. The number of carbonyl (C=O) groups excluding carboxylic acids is 2. The van der Waals surface area contributed by atoms with Crippen LogP contribution in [-0.4, -0.2) is 68.1 Å². The van der Waals surface area contributed by atoms with Gasteiger partial charge in [0.2, 0.25) is 0 Å². The van der Waals surface area contributed by atoms with Crippen molar-refractivity contribution < 1.29 is 14.3 Å². The smallest absolute Gasteiger partial charge is 0.410 e. The molecule has 2 heterocycles. The monoisotopic (exact) mass is 397 g/mol. The number of rotatable bonds is 4. The Morgan fingerprint density at radius 2 is 1.90 bits per heavy atom. The van der Waals surface area contributed by atoms with Crippen molar-refractivity contribution >= 4 is 31.1 Å². The van der Waals surface area contributed by atoms with Crippen molar-refractivity contribution in [2.45, 2.75) is 52.1 Å². The predicted octanol–water partition coefficient (Wildman–Crippen LogP) is 3.15. The third-order valence-electron chi connectivity index (χ3n) is 5.57. The van der Waals surface area contributed by atoms with Crippen LogP contribution in [0.2, 0.25) is 0 Å². The molecule has 0 aliphatic carbocycles. The van der Waals surface area contributed by atoms with E-state index in [1.165, 1.54) is 0 Å². The highest BCUT2D eigenvalue weighted by molar-refractivity contribution is 6.32. The largest absolute Gasteiger partial charge is 0.444 e. The average Bonchev–Trinajstić information content (AvgIpc) is 2.66. The summed E-state index contributed by atoms with van der Waals surface area (Å²) < 4.78 is 5.46. The lowest BCUT2D eigenvalue weighted by Crippen LogP contribution is -2.50. The van der Waals surface area contributed by atoms with Crippen LogP contribution in [0.4, 0.5) is 15.3 Å². The van der Waals surface area contributed by atoms with Gasteiger partial charge in [-0.1, -0.05) is 17.6 Å². The van der Waals surface area contributed by atoms with Crippen molar-refractivity contribution in [1.82, 2.24) is 9.80 Å². The molecule has 0 atom stereocenters. The molecule has 2 aliphatic heterocycles. The minimum atomic E-state index is -0.460. The highest BCUT2D eigenvalue weighted by Crippen LogP contribution is 2.24. The molecule has 156 valence electrons. The molecule has 0 aromatic heterocycles. The van der Waals surface area contributed by atoms with Crippen molar-refractivity contribution in [2.75, 3.05) is 37.6 Å². The zero-order chi connectivity index (χ0) is 21.0. The van der Waals surface area contributed by atoms with Crippen LogP contribution in [-0.2, 0) is 4.74 Å². The van der Waals surface area contributed by atoms with E-state index < -0.39 is 5.60 Å². The van der Waals surface area contributed by atoms with Gasteiger partial charge < -0.3 is 14.5 Å². The molecule has 1 aromatic carbocycles. The maximum absolute atomic E-state index is 12.9. The molecule has 7 heteroatoms. The van der Waals surface area contributed by atoms with Crippen molar-refractivity contribution in [1.29, 1.82) is 0 Å². The van der Waals surface area contributed by atoms with E-state index in [9.17, 15) is 9.59 Å². The minimum absolute atomic E-state index is 0.0630. The van der Waals surface area contributed by atoms with Gasteiger partial charge in [0.15, 0.2) is 0 Å². The quantitative estimate of drug-likeness (QED) is 0.734. The summed E-state index contributed by atoms with van der Waals surface area (Å²) in [5, 5.41) is 0. The summed E-state index contributed by atoms with van der Waals surface area (Å²) in [4.78, 5) is 30.7. The molecule has 0 unspecified atom stereocenters. The third-order valence-corrected chi connectivity index (χ3v) is 5.57. The number of benzene rings is 1. The minimum Gasteiger partial charge on any atom is -0.444 e. The Hall–Kier alpha value is -2.18. The molecule has 0 saturated carbocycles. The predicted molar refractivity (Wildman–Crippen MR) is 116 cm³/mol. The fourth-order valence-electron chi connectivity index (χ4n) is 3.99. The number of anilines is 1. The molecule has 29 heavy (non-hydrogen) atoms. The highest BCUT2D eigenvalue weighted by atomic mass is 16.6. The molecule has 2 fully saturated rings. The Morgan fingerprint density at radius 3 is 2.55 bits per heavy atom. The summed E-state index contributed by atoms with van der Waals surface area (Å²) in [7, 11) is 5.88. The first-order valence-corrected chi connectivity index (χ1v) is 10.6. The van der Waals surface area contributed by atoms with Crippen LogP contribution in [0.25, 0.3) is 0 Å². The number of hydrogen-bond acceptors (Lipinski definition) is 3. The van der Waals surface area contributed by atoms with Crippen molar-refractivity contribution in [3.05, 3.63) is 24.3 Å². The summed E-state index contributed by atoms with van der Waals surface area (Å²) in [5.74, 6) is 0.532. The van der Waals surface area contributed by atoms with Gasteiger partial charge in [0.1, 0.15) is 13.4 Å². The molecule has 3 rings (SSSR count). The van der Waals surface area contributed by atoms with Gasteiger partial charge in [0.05, 0.1) is 0 Å². The van der Waals surface area contributed by atoms with Crippen LogP contribution < -0.4 is 10.4 Å². The molecule has 2 radical (unpaired) electrons. The zero-order valence-electron chi connectivity index (χ0n) is 17.9. The number of nitrogens with zero attached hydrogens (tertiary/aromatic N) is 3. The van der Waals surface area contributed by atoms with Gasteiger partial charge in [0, 0.05) is 38.4 Å². The summed E-state index contributed by atoms with van der Waals surface area (Å²) >= 11 is 0. The Kier molecular flexibility index (Phi) is 6.76. The highest BCUT2D eigenvalue weighted by Gasteiger charge is 2.29. The number of ether oxygens (including phenoxy) is 1. The standard InChI is InChI=1S/C22H32BN3O3/c1-22(2,3)29-21(28)25-14-9-17(10-15-25)8-13-24-11-5-12-26(20(24)27)19-7-4-6-18(23)16-19/h4,6-7,16-17H,5,8-15H2,1-3H3. The van der Waals surface area contributed by atoms with Crippen molar-refractivity contribution in [3.8, 4) is 0 Å². The summed E-state index contributed by atoms with van der Waals surface area (Å²) in [6.45, 7) is 9.41. The van der Waals surface area contributed by atoms with E-state index in [0.717, 1.165) is 64.1 Å². The normalized spacial score (nSPS) is 18.9. The third kappa shape index (κ3) is 5.90. The van der Waals surface area contributed by atoms with E-state index in [4.69, 9.17) is 12.6 Å². The van der Waals surface area contributed by atoms with Crippen LogP contribution in [0.15, 0.2) is 24.3 Å². The Labute approximate surface area is 175 Å². The van der Waals surface area contributed by atoms with E-state index >= 15 is 0 Å². The van der Waals surface area contributed by atoms with Gasteiger partial charge in [-0.2, -0.15) is 0 Å². The first-order valence-electron chi connectivity index (χ1n) is 10.6. The molecule has 1 aromatic rings. The Morgan fingerprint density at radius 1 is 1.17 bits per heavy atom. The number of piperidine rings is 1. The van der Waals surface area contributed by atoms with Gasteiger partial charge in [-0.3, -0.25) is 4.90 Å². The van der Waals surface area contributed by atoms with Gasteiger partial charge in [-0.05, 0) is 64.5 Å². The summed E-state index contributed by atoms with van der Waals surface area (Å²) in [5.41, 5.74) is 1.08. The number of carbonyl (C=O) groups is 2. The molecule has 6 nitrogen and oxygen atoms in total. The van der Waals surface area contributed by atoms with Gasteiger partial charge >= 0.3 is 12.1 Å². The number of amides is 3. The van der Waals surface area contributed by atoms with Crippen LogP contribution >= 0.6 is 0 Å². The molecule has 3 amide bonds. The molecular weight excluding hydrogens is 365 g/mol. The molecule has 0 bridgehead atoms. The molecular formula is C22H32BN3O3. The lowest BCUT2D eigenvalue weighted by molar-refractivity contribution is 0.0179. The Balaban J connectivity index is 1.47. The van der Waals surface area contributed by atoms with Gasteiger partial charge in [0.25, 0.3) is 0 Å². The molecule has 0 N–H and O–H groups in total. The van der Waals surface area contributed by atoms with E-state index in [1.54, 1.807) is 4.90 Å². The maximum Gasteiger partial charge on any atom is 0.410 e. The Bertz CT molecular complexity index is 726. The van der Waals surface area contributed by atoms with Crippen LogP contribution in [0.5, 0.6) is 0 Å². The SMILES string of the molecule is [B]c1cccc(N2CCCN(CCC3CCN(C(=O)OC(C)(C)C)CC3)C2=O)c1. The van der Waals surface area contributed by atoms with Crippen molar-refractivity contribution in [2.24, 2.45) is 5.92 Å². The van der Waals surface area contributed by atoms with Gasteiger partial charge in [-0.15, -0.1) is 0 Å². The first-order chi connectivity index (χ1) is 13.7. The fourth-order valence-corrected chi connectivity index (χ4v) is 3.99. The molecule has 0 spiro atoms. The van der Waals surface area contributed by atoms with Crippen LogP contribution in [0.1, 0.15) is 46.5 Å². The second-order valence-electron chi connectivity index (χ2n) is 9.07. The number of hydrogen-bond donors (Lipinski definition) is 0. The topological polar surface area (TPSA) is 53.1 Å². The van der Waals surface area contributed by atoms with Crippen molar-refractivity contribution in [3.63, 3.8) is 0 Å². The van der Waals surface area contributed by atoms with E-state index in [0.29, 0.717) is 11.4 Å². The van der Waals surface area contributed by atoms with Crippen LogP contribution in [0, 0.1) is 5.92 Å². The van der Waals surface area contributed by atoms with E-state index in [2.05, 4.69) is 0 Å². The van der Waals surface area contributed by atoms with Gasteiger partial charge in [-0.25, -0.2) is 9.59 Å². The maximum atomic E-state index is 12.9. The fraction of sp³-hybridized carbons (Fsp3) is 0.636. The number of likely N-dealkylation sites (tertiary alicyclic amines) is 1.